The fourth-order valence-electron chi connectivity index (χ4n) is 2.41. The number of aromatic nitrogens is 1. The summed E-state index contributed by atoms with van der Waals surface area (Å²) in [5.41, 5.74) is 4.22. The van der Waals surface area contributed by atoms with Crippen molar-refractivity contribution in [2.75, 3.05) is 11.9 Å². The summed E-state index contributed by atoms with van der Waals surface area (Å²) in [5.74, 6) is -0.911. The second-order valence-electron chi connectivity index (χ2n) is 5.93. The number of hydrogen-bond donors (Lipinski definition) is 1. The van der Waals surface area contributed by atoms with Gasteiger partial charge in [-0.2, -0.15) is 0 Å². The van der Waals surface area contributed by atoms with Crippen LogP contribution in [-0.4, -0.2) is 23.5 Å². The van der Waals surface area contributed by atoms with Crippen molar-refractivity contribution >= 4 is 38.6 Å². The minimum absolute atomic E-state index is 0.346. The molecule has 0 unspecified atom stereocenters. The number of amides is 1. The van der Waals surface area contributed by atoms with E-state index in [0.29, 0.717) is 10.7 Å². The molecule has 0 aliphatic carbocycles. The van der Waals surface area contributed by atoms with Gasteiger partial charge in [0.1, 0.15) is 0 Å². The molecule has 3 aromatic rings. The topological polar surface area (TPSA) is 68.3 Å². The number of nitrogens with zero attached hydrogens (tertiary/aromatic N) is 1. The standard InChI is InChI=1S/C19H18N2O3S/c1-11-4-6-13(3)14(8-11)18(23)24-10-17(22)21-19-20-15-7-5-12(2)9-16(15)25-19/h4-9H,10H2,1-3H3,(H,20,21,22). The van der Waals surface area contributed by atoms with Crippen LogP contribution in [0.25, 0.3) is 10.2 Å². The van der Waals surface area contributed by atoms with E-state index in [4.69, 9.17) is 4.74 Å². The van der Waals surface area contributed by atoms with E-state index in [-0.39, 0.29) is 6.61 Å². The summed E-state index contributed by atoms with van der Waals surface area (Å²) in [6.45, 7) is 5.39. The lowest BCUT2D eigenvalue weighted by atomic mass is 10.1. The summed E-state index contributed by atoms with van der Waals surface area (Å²) >= 11 is 1.39. The molecule has 3 rings (SSSR count). The van der Waals surface area contributed by atoms with Crippen LogP contribution < -0.4 is 5.32 Å². The van der Waals surface area contributed by atoms with Crippen molar-refractivity contribution < 1.29 is 14.3 Å². The molecule has 128 valence electrons. The molecule has 0 spiro atoms. The first-order valence-corrected chi connectivity index (χ1v) is 8.65. The van der Waals surface area contributed by atoms with Gasteiger partial charge in [-0.25, -0.2) is 9.78 Å². The molecular weight excluding hydrogens is 336 g/mol. The number of thiazole rings is 1. The smallest absolute Gasteiger partial charge is 0.338 e. The van der Waals surface area contributed by atoms with E-state index >= 15 is 0 Å². The highest BCUT2D eigenvalue weighted by Crippen LogP contribution is 2.26. The molecule has 0 radical (unpaired) electrons. The van der Waals surface area contributed by atoms with Crippen LogP contribution in [0.5, 0.6) is 0 Å². The first kappa shape index (κ1) is 17.1. The van der Waals surface area contributed by atoms with Crippen molar-refractivity contribution in [2.24, 2.45) is 0 Å². The molecule has 1 heterocycles. The normalized spacial score (nSPS) is 10.7. The molecule has 0 aliphatic heterocycles. The van der Waals surface area contributed by atoms with E-state index in [1.54, 1.807) is 6.07 Å². The van der Waals surface area contributed by atoms with E-state index < -0.39 is 11.9 Å². The molecule has 1 aromatic heterocycles. The molecular formula is C19H18N2O3S. The zero-order chi connectivity index (χ0) is 18.0. The Bertz CT molecular complexity index is 962. The molecule has 5 nitrogen and oxygen atoms in total. The van der Waals surface area contributed by atoms with E-state index in [0.717, 1.165) is 26.9 Å². The number of carbonyl (C=O) groups excluding carboxylic acids is 2. The van der Waals surface area contributed by atoms with Crippen molar-refractivity contribution in [1.82, 2.24) is 4.98 Å². The summed E-state index contributed by atoms with van der Waals surface area (Å²) in [5, 5.41) is 3.17. The summed E-state index contributed by atoms with van der Waals surface area (Å²) in [4.78, 5) is 28.5. The maximum Gasteiger partial charge on any atom is 0.338 e. The van der Waals surface area contributed by atoms with Gasteiger partial charge in [0.25, 0.3) is 5.91 Å². The Morgan fingerprint density at radius 3 is 2.60 bits per heavy atom. The van der Waals surface area contributed by atoms with Gasteiger partial charge in [0, 0.05) is 0 Å². The second-order valence-corrected chi connectivity index (χ2v) is 6.96. The minimum atomic E-state index is -0.503. The van der Waals surface area contributed by atoms with Gasteiger partial charge < -0.3 is 4.74 Å². The predicted octanol–water partition coefficient (Wildman–Crippen LogP) is 4.02. The van der Waals surface area contributed by atoms with E-state index in [2.05, 4.69) is 10.3 Å². The number of hydrogen-bond acceptors (Lipinski definition) is 5. The fourth-order valence-corrected chi connectivity index (χ4v) is 3.39. The zero-order valence-electron chi connectivity index (χ0n) is 14.3. The van der Waals surface area contributed by atoms with Gasteiger partial charge in [-0.15, -0.1) is 0 Å². The molecule has 1 N–H and O–H groups in total. The Balaban J connectivity index is 1.62. The summed E-state index contributed by atoms with van der Waals surface area (Å²) in [6.07, 6.45) is 0. The quantitative estimate of drug-likeness (QED) is 0.719. The Hall–Kier alpha value is -2.73. The Kier molecular flexibility index (Phi) is 4.81. The lowest BCUT2D eigenvalue weighted by Gasteiger charge is -2.07. The predicted molar refractivity (Wildman–Crippen MR) is 99.2 cm³/mol. The van der Waals surface area contributed by atoms with Gasteiger partial charge in [-0.3, -0.25) is 10.1 Å². The number of anilines is 1. The van der Waals surface area contributed by atoms with Crippen molar-refractivity contribution in [3.63, 3.8) is 0 Å². The molecule has 0 atom stereocenters. The first-order chi connectivity index (χ1) is 11.9. The van der Waals surface area contributed by atoms with Crippen molar-refractivity contribution in [2.45, 2.75) is 20.8 Å². The highest BCUT2D eigenvalue weighted by molar-refractivity contribution is 7.22. The van der Waals surface area contributed by atoms with Gasteiger partial charge in [0.15, 0.2) is 11.7 Å². The summed E-state index contributed by atoms with van der Waals surface area (Å²) in [6, 6.07) is 11.4. The molecule has 1 amide bonds. The second kappa shape index (κ2) is 7.03. The number of carbonyl (C=O) groups is 2. The molecule has 25 heavy (non-hydrogen) atoms. The monoisotopic (exact) mass is 354 g/mol. The zero-order valence-corrected chi connectivity index (χ0v) is 15.1. The number of esters is 1. The lowest BCUT2D eigenvalue weighted by Crippen LogP contribution is -2.21. The fraction of sp³-hybridized carbons (Fsp3) is 0.211. The van der Waals surface area contributed by atoms with Crippen LogP contribution in [0, 0.1) is 20.8 Å². The van der Waals surface area contributed by atoms with Gasteiger partial charge in [-0.05, 0) is 50.1 Å². The molecule has 0 saturated carbocycles. The maximum atomic E-state index is 12.1. The van der Waals surface area contributed by atoms with Gasteiger partial charge in [0.2, 0.25) is 0 Å². The third kappa shape index (κ3) is 4.03. The van der Waals surface area contributed by atoms with Crippen LogP contribution in [-0.2, 0) is 9.53 Å². The molecule has 6 heteroatoms. The summed E-state index contributed by atoms with van der Waals surface area (Å²) < 4.78 is 6.12. The van der Waals surface area contributed by atoms with Crippen LogP contribution in [0.2, 0.25) is 0 Å². The SMILES string of the molecule is Cc1ccc(C)c(C(=O)OCC(=O)Nc2nc3ccc(C)cc3s2)c1. The first-order valence-electron chi connectivity index (χ1n) is 7.84. The van der Waals surface area contributed by atoms with Gasteiger partial charge >= 0.3 is 5.97 Å². The molecule has 0 fully saturated rings. The molecule has 0 saturated heterocycles. The van der Waals surface area contributed by atoms with E-state index in [1.165, 1.54) is 11.3 Å². The number of nitrogens with one attached hydrogen (secondary N) is 1. The molecule has 0 bridgehead atoms. The largest absolute Gasteiger partial charge is 0.452 e. The molecule has 0 aliphatic rings. The maximum absolute atomic E-state index is 12.1. The van der Waals surface area contributed by atoms with Crippen LogP contribution in [0.4, 0.5) is 5.13 Å². The van der Waals surface area contributed by atoms with E-state index in [9.17, 15) is 9.59 Å². The van der Waals surface area contributed by atoms with Gasteiger partial charge in [-0.1, -0.05) is 35.1 Å². The highest BCUT2D eigenvalue weighted by Gasteiger charge is 2.14. The Morgan fingerprint density at radius 2 is 1.80 bits per heavy atom. The number of fused-ring (bicyclic) bond motifs is 1. The van der Waals surface area contributed by atoms with Crippen LogP contribution >= 0.6 is 11.3 Å². The number of rotatable bonds is 4. The molecule has 2 aromatic carbocycles. The van der Waals surface area contributed by atoms with Crippen molar-refractivity contribution in [3.05, 3.63) is 58.7 Å². The average Bonchev–Trinajstić information content (AvgIpc) is 2.96. The van der Waals surface area contributed by atoms with Crippen LogP contribution in [0.15, 0.2) is 36.4 Å². The average molecular weight is 354 g/mol. The van der Waals surface area contributed by atoms with E-state index in [1.807, 2.05) is 51.1 Å². The summed E-state index contributed by atoms with van der Waals surface area (Å²) in [7, 11) is 0. The minimum Gasteiger partial charge on any atom is -0.452 e. The Morgan fingerprint density at radius 1 is 1.08 bits per heavy atom. The lowest BCUT2D eigenvalue weighted by molar-refractivity contribution is -0.119. The van der Waals surface area contributed by atoms with Crippen molar-refractivity contribution in [1.29, 1.82) is 0 Å². The third-order valence-corrected chi connectivity index (χ3v) is 4.67. The van der Waals surface area contributed by atoms with Gasteiger partial charge in [0.05, 0.1) is 15.8 Å². The van der Waals surface area contributed by atoms with Crippen LogP contribution in [0.1, 0.15) is 27.0 Å². The van der Waals surface area contributed by atoms with Crippen LogP contribution in [0.3, 0.4) is 0 Å². The number of aryl methyl sites for hydroxylation is 3. The van der Waals surface area contributed by atoms with Crippen molar-refractivity contribution in [3.8, 4) is 0 Å². The third-order valence-electron chi connectivity index (χ3n) is 3.74. The Labute approximate surface area is 149 Å². The highest BCUT2D eigenvalue weighted by atomic mass is 32.1. The number of ether oxygens (including phenoxy) is 1. The number of benzene rings is 2.